The van der Waals surface area contributed by atoms with E-state index >= 15 is 0 Å². The molecule has 0 saturated carbocycles. The number of carbonyl (C=O) groups excluding carboxylic acids is 3. The number of sulfonamides is 1. The first-order valence-corrected chi connectivity index (χ1v) is 10.1. The third-order valence-corrected chi connectivity index (χ3v) is 5.00. The first kappa shape index (κ1) is 22.0. The number of carbonyl (C=O) groups is 3. The van der Waals surface area contributed by atoms with Crippen molar-refractivity contribution in [3.05, 3.63) is 53.9 Å². The summed E-state index contributed by atoms with van der Waals surface area (Å²) in [5, 5.41) is 13.7. The second-order valence-electron chi connectivity index (χ2n) is 5.77. The van der Waals surface area contributed by atoms with Crippen LogP contribution in [-0.4, -0.2) is 49.4 Å². The van der Waals surface area contributed by atoms with Crippen LogP contribution < -0.4 is 15.4 Å². The third-order valence-electron chi connectivity index (χ3n) is 3.65. The molecule has 0 atom stereocenters. The Balaban J connectivity index is 2.07. The minimum absolute atomic E-state index is 0.0163. The Morgan fingerprint density at radius 1 is 1.03 bits per heavy atom. The van der Waals surface area contributed by atoms with Crippen LogP contribution in [0.2, 0.25) is 0 Å². The number of nitrogens with zero attached hydrogens (tertiary/aromatic N) is 1. The van der Waals surface area contributed by atoms with Gasteiger partial charge >= 0.3 is 0 Å². The van der Waals surface area contributed by atoms with Gasteiger partial charge in [0.2, 0.25) is 5.91 Å². The SMILES string of the molecule is CCC(=O)Nc1ccc(S(=O)(=O)NC(=O)c2ccc(C(=O)NCCO)nc2)cc1. The standard InChI is InChI=1S/C18H20N4O6S/c1-2-16(24)21-13-4-6-14(7-5-13)29(27,28)22-17(25)12-3-8-15(20-11-12)18(26)19-9-10-23/h3-8,11,23H,2,9-10H2,1H3,(H,19,26)(H,21,24)(H,22,25). The van der Waals surface area contributed by atoms with Gasteiger partial charge in [-0.1, -0.05) is 6.92 Å². The molecule has 0 fully saturated rings. The molecule has 4 N–H and O–H groups in total. The maximum Gasteiger partial charge on any atom is 0.269 e. The van der Waals surface area contributed by atoms with Crippen molar-refractivity contribution in [2.45, 2.75) is 18.2 Å². The van der Waals surface area contributed by atoms with Crippen LogP contribution in [0, 0.1) is 0 Å². The van der Waals surface area contributed by atoms with Crippen LogP contribution in [0.5, 0.6) is 0 Å². The first-order chi connectivity index (χ1) is 13.8. The Labute approximate surface area is 167 Å². The van der Waals surface area contributed by atoms with Crippen molar-refractivity contribution in [1.29, 1.82) is 0 Å². The van der Waals surface area contributed by atoms with Gasteiger partial charge in [0.25, 0.3) is 21.8 Å². The topological polar surface area (TPSA) is 155 Å². The number of amides is 3. The molecule has 2 rings (SSSR count). The van der Waals surface area contributed by atoms with Crippen LogP contribution in [0.25, 0.3) is 0 Å². The zero-order valence-electron chi connectivity index (χ0n) is 15.5. The van der Waals surface area contributed by atoms with E-state index in [-0.39, 0.29) is 41.6 Å². The summed E-state index contributed by atoms with van der Waals surface area (Å²) in [6, 6.07) is 7.86. The summed E-state index contributed by atoms with van der Waals surface area (Å²) in [5.74, 6) is -1.66. The molecule has 0 aliphatic carbocycles. The van der Waals surface area contributed by atoms with Crippen LogP contribution in [-0.2, 0) is 14.8 Å². The second-order valence-corrected chi connectivity index (χ2v) is 7.45. The number of pyridine rings is 1. The number of aliphatic hydroxyl groups excluding tert-OH is 1. The van der Waals surface area contributed by atoms with Crippen LogP contribution >= 0.6 is 0 Å². The Hall–Kier alpha value is -3.31. The molecule has 2 aromatic rings. The molecule has 0 spiro atoms. The molecular weight excluding hydrogens is 400 g/mol. The highest BCUT2D eigenvalue weighted by molar-refractivity contribution is 7.90. The molecule has 11 heteroatoms. The molecule has 29 heavy (non-hydrogen) atoms. The fourth-order valence-electron chi connectivity index (χ4n) is 2.13. The maximum absolute atomic E-state index is 12.4. The predicted molar refractivity (Wildman–Crippen MR) is 104 cm³/mol. The lowest BCUT2D eigenvalue weighted by Crippen LogP contribution is -2.31. The normalized spacial score (nSPS) is 10.8. The Morgan fingerprint density at radius 2 is 1.72 bits per heavy atom. The van der Waals surface area contributed by atoms with E-state index in [2.05, 4.69) is 15.6 Å². The lowest BCUT2D eigenvalue weighted by molar-refractivity contribution is -0.115. The Morgan fingerprint density at radius 3 is 2.28 bits per heavy atom. The van der Waals surface area contributed by atoms with Crippen molar-refractivity contribution in [3.63, 3.8) is 0 Å². The van der Waals surface area contributed by atoms with E-state index in [1.807, 2.05) is 4.72 Å². The van der Waals surface area contributed by atoms with Crippen molar-refractivity contribution in [2.75, 3.05) is 18.5 Å². The quantitative estimate of drug-likeness (QED) is 0.478. The molecule has 0 saturated heterocycles. The number of hydrogen-bond donors (Lipinski definition) is 4. The summed E-state index contributed by atoms with van der Waals surface area (Å²) in [7, 11) is -4.14. The van der Waals surface area contributed by atoms with E-state index in [9.17, 15) is 22.8 Å². The molecule has 0 bridgehead atoms. The summed E-state index contributed by atoms with van der Waals surface area (Å²) in [5.41, 5.74) is 0.392. The molecule has 0 aliphatic rings. The van der Waals surface area contributed by atoms with Gasteiger partial charge in [0.15, 0.2) is 0 Å². The summed E-state index contributed by atoms with van der Waals surface area (Å²) >= 11 is 0. The van der Waals surface area contributed by atoms with Gasteiger partial charge in [0, 0.05) is 24.8 Å². The average Bonchev–Trinajstić information content (AvgIpc) is 2.72. The zero-order valence-corrected chi connectivity index (χ0v) is 16.3. The highest BCUT2D eigenvalue weighted by atomic mass is 32.2. The highest BCUT2D eigenvalue weighted by Gasteiger charge is 2.19. The van der Waals surface area contributed by atoms with E-state index < -0.39 is 21.8 Å². The van der Waals surface area contributed by atoms with Gasteiger partial charge in [-0.25, -0.2) is 13.1 Å². The van der Waals surface area contributed by atoms with Gasteiger partial charge in [-0.3, -0.25) is 19.4 Å². The second kappa shape index (κ2) is 9.75. The van der Waals surface area contributed by atoms with E-state index in [1.165, 1.54) is 36.4 Å². The number of aliphatic hydroxyl groups is 1. The van der Waals surface area contributed by atoms with Gasteiger partial charge in [-0.15, -0.1) is 0 Å². The summed E-state index contributed by atoms with van der Waals surface area (Å²) in [6.07, 6.45) is 1.36. The fourth-order valence-corrected chi connectivity index (χ4v) is 3.10. The molecule has 10 nitrogen and oxygen atoms in total. The van der Waals surface area contributed by atoms with E-state index in [0.717, 1.165) is 6.20 Å². The molecule has 1 aromatic heterocycles. The van der Waals surface area contributed by atoms with Crippen molar-refractivity contribution in [1.82, 2.24) is 15.0 Å². The summed E-state index contributed by atoms with van der Waals surface area (Å²) in [4.78, 5) is 38.9. The zero-order chi connectivity index (χ0) is 21.4. The molecular formula is C18H20N4O6S. The summed E-state index contributed by atoms with van der Waals surface area (Å²) < 4.78 is 26.7. The van der Waals surface area contributed by atoms with Gasteiger partial charge in [0.1, 0.15) is 5.69 Å². The lowest BCUT2D eigenvalue weighted by Gasteiger charge is -2.09. The number of nitrogens with one attached hydrogen (secondary N) is 3. The maximum atomic E-state index is 12.4. The molecule has 0 aliphatic heterocycles. The largest absolute Gasteiger partial charge is 0.395 e. The number of hydrogen-bond acceptors (Lipinski definition) is 7. The van der Waals surface area contributed by atoms with Gasteiger partial charge in [-0.05, 0) is 36.4 Å². The van der Waals surface area contributed by atoms with Gasteiger partial charge < -0.3 is 15.7 Å². The number of rotatable bonds is 8. The fraction of sp³-hybridized carbons (Fsp3) is 0.222. The predicted octanol–water partition coefficient (Wildman–Crippen LogP) is 0.271. The minimum Gasteiger partial charge on any atom is -0.395 e. The van der Waals surface area contributed by atoms with E-state index in [0.29, 0.717) is 5.69 Å². The van der Waals surface area contributed by atoms with Crippen molar-refractivity contribution in [3.8, 4) is 0 Å². The van der Waals surface area contributed by atoms with Crippen LogP contribution in [0.4, 0.5) is 5.69 Å². The van der Waals surface area contributed by atoms with Gasteiger partial charge in [0.05, 0.1) is 17.1 Å². The van der Waals surface area contributed by atoms with Crippen molar-refractivity contribution in [2.24, 2.45) is 0 Å². The van der Waals surface area contributed by atoms with Crippen LogP contribution in [0.15, 0.2) is 47.5 Å². The Bertz CT molecular complexity index is 988. The number of anilines is 1. The Kier molecular flexibility index (Phi) is 7.39. The lowest BCUT2D eigenvalue weighted by atomic mass is 10.2. The summed E-state index contributed by atoms with van der Waals surface area (Å²) in [6.45, 7) is 1.52. The monoisotopic (exact) mass is 420 g/mol. The average molecular weight is 420 g/mol. The molecule has 0 radical (unpaired) electrons. The highest BCUT2D eigenvalue weighted by Crippen LogP contribution is 2.15. The molecule has 1 heterocycles. The van der Waals surface area contributed by atoms with E-state index in [1.54, 1.807) is 6.92 Å². The molecule has 3 amide bonds. The number of aromatic nitrogens is 1. The van der Waals surface area contributed by atoms with Crippen molar-refractivity contribution >= 4 is 33.4 Å². The first-order valence-electron chi connectivity index (χ1n) is 8.59. The minimum atomic E-state index is -4.14. The number of benzene rings is 1. The smallest absolute Gasteiger partial charge is 0.269 e. The van der Waals surface area contributed by atoms with E-state index in [4.69, 9.17) is 5.11 Å². The third kappa shape index (κ3) is 6.09. The van der Waals surface area contributed by atoms with Crippen LogP contribution in [0.3, 0.4) is 0 Å². The molecule has 0 unspecified atom stereocenters. The molecule has 154 valence electrons. The van der Waals surface area contributed by atoms with Crippen LogP contribution in [0.1, 0.15) is 34.2 Å². The molecule has 1 aromatic carbocycles. The van der Waals surface area contributed by atoms with Gasteiger partial charge in [-0.2, -0.15) is 0 Å². The van der Waals surface area contributed by atoms with Crippen molar-refractivity contribution < 1.29 is 27.9 Å².